The summed E-state index contributed by atoms with van der Waals surface area (Å²) in [5, 5.41) is 21.5. The minimum absolute atomic E-state index is 0.222. The Hall–Kier alpha value is -3.13. The van der Waals surface area contributed by atoms with Crippen LogP contribution in [0, 0.1) is 6.92 Å². The quantitative estimate of drug-likeness (QED) is 0.683. The number of aromatic nitrogens is 4. The summed E-state index contributed by atoms with van der Waals surface area (Å²) in [5.41, 5.74) is 3.79. The molecule has 0 aliphatic heterocycles. The van der Waals surface area contributed by atoms with Crippen LogP contribution in [0.1, 0.15) is 17.1 Å². The molecule has 0 atom stereocenters. The summed E-state index contributed by atoms with van der Waals surface area (Å²) in [5.74, 6) is -0.222. The lowest BCUT2D eigenvalue weighted by Crippen LogP contribution is -2.20. The van der Waals surface area contributed by atoms with Crippen LogP contribution in [0.4, 0.5) is 5.69 Å². The third kappa shape index (κ3) is 4.01. The van der Waals surface area contributed by atoms with Gasteiger partial charge in [0.25, 0.3) is 0 Å². The number of rotatable bonds is 6. The van der Waals surface area contributed by atoms with E-state index in [-0.39, 0.29) is 11.2 Å². The van der Waals surface area contributed by atoms with Crippen LogP contribution in [0.5, 0.6) is 5.75 Å². The largest absolute Gasteiger partial charge is 0.503 e. The molecule has 3 aromatic rings. The van der Waals surface area contributed by atoms with Gasteiger partial charge in [0.05, 0.1) is 23.3 Å². The van der Waals surface area contributed by atoms with E-state index in [1.54, 1.807) is 9.25 Å². The SMILES string of the molecule is Cc1cc(=O)c(O)c(CNCc2cn(-c3ccc(N(C)C)cc3)nn2)n1C. The molecule has 1 aromatic carbocycles. The Morgan fingerprint density at radius 1 is 1.19 bits per heavy atom. The van der Waals surface area contributed by atoms with Crippen molar-refractivity contribution in [2.75, 3.05) is 19.0 Å². The molecule has 8 heteroatoms. The lowest BCUT2D eigenvalue weighted by Gasteiger charge is -2.13. The second-order valence-electron chi connectivity index (χ2n) is 6.67. The molecular weight excluding hydrogens is 344 g/mol. The zero-order chi connectivity index (χ0) is 19.6. The fraction of sp³-hybridized carbons (Fsp3) is 0.316. The average molecular weight is 368 g/mol. The van der Waals surface area contributed by atoms with E-state index < -0.39 is 0 Å². The summed E-state index contributed by atoms with van der Waals surface area (Å²) >= 11 is 0. The Morgan fingerprint density at radius 2 is 1.89 bits per heavy atom. The molecule has 2 N–H and O–H groups in total. The molecule has 8 nitrogen and oxygen atoms in total. The zero-order valence-corrected chi connectivity index (χ0v) is 16.0. The van der Waals surface area contributed by atoms with Gasteiger partial charge in [0.15, 0.2) is 5.75 Å². The van der Waals surface area contributed by atoms with Gasteiger partial charge >= 0.3 is 0 Å². The van der Waals surface area contributed by atoms with E-state index in [0.29, 0.717) is 18.8 Å². The molecule has 0 spiro atoms. The van der Waals surface area contributed by atoms with Crippen LogP contribution in [0.25, 0.3) is 5.69 Å². The van der Waals surface area contributed by atoms with E-state index >= 15 is 0 Å². The Kier molecular flexibility index (Phi) is 5.27. The molecule has 0 saturated heterocycles. The van der Waals surface area contributed by atoms with Crippen molar-refractivity contribution in [3.8, 4) is 11.4 Å². The van der Waals surface area contributed by atoms with Crippen molar-refractivity contribution >= 4 is 5.69 Å². The van der Waals surface area contributed by atoms with Gasteiger partial charge in [0, 0.05) is 51.7 Å². The summed E-state index contributed by atoms with van der Waals surface area (Å²) in [6.45, 7) is 2.65. The highest BCUT2D eigenvalue weighted by atomic mass is 16.3. The molecule has 0 amide bonds. The molecule has 0 unspecified atom stereocenters. The fourth-order valence-electron chi connectivity index (χ4n) is 2.79. The van der Waals surface area contributed by atoms with Gasteiger partial charge in [-0.25, -0.2) is 4.68 Å². The smallest absolute Gasteiger partial charge is 0.223 e. The highest BCUT2D eigenvalue weighted by Gasteiger charge is 2.11. The normalized spacial score (nSPS) is 11.0. The Labute approximate surface area is 157 Å². The zero-order valence-electron chi connectivity index (χ0n) is 16.0. The summed E-state index contributed by atoms with van der Waals surface area (Å²) in [7, 11) is 5.81. The molecule has 27 heavy (non-hydrogen) atoms. The van der Waals surface area contributed by atoms with Crippen LogP contribution in [0.2, 0.25) is 0 Å². The van der Waals surface area contributed by atoms with Crippen molar-refractivity contribution < 1.29 is 5.11 Å². The number of anilines is 1. The van der Waals surface area contributed by atoms with Gasteiger partial charge in [-0.05, 0) is 31.2 Å². The second-order valence-corrected chi connectivity index (χ2v) is 6.67. The van der Waals surface area contributed by atoms with Gasteiger partial charge in [0.2, 0.25) is 5.43 Å². The number of nitrogens with one attached hydrogen (secondary N) is 1. The molecule has 2 aromatic heterocycles. The van der Waals surface area contributed by atoms with Gasteiger partial charge in [-0.2, -0.15) is 0 Å². The number of benzene rings is 1. The van der Waals surface area contributed by atoms with E-state index in [0.717, 1.165) is 22.8 Å². The van der Waals surface area contributed by atoms with E-state index in [1.165, 1.54) is 6.07 Å². The minimum Gasteiger partial charge on any atom is -0.503 e. The van der Waals surface area contributed by atoms with E-state index in [2.05, 4.69) is 15.6 Å². The summed E-state index contributed by atoms with van der Waals surface area (Å²) in [6, 6.07) is 9.45. The number of pyridine rings is 1. The van der Waals surface area contributed by atoms with Crippen molar-refractivity contribution in [2.45, 2.75) is 20.0 Å². The number of hydrogen-bond acceptors (Lipinski definition) is 6. The maximum atomic E-state index is 11.8. The maximum Gasteiger partial charge on any atom is 0.223 e. The number of hydrogen-bond donors (Lipinski definition) is 2. The number of aryl methyl sites for hydroxylation is 1. The van der Waals surface area contributed by atoms with Crippen molar-refractivity contribution in [3.63, 3.8) is 0 Å². The molecule has 0 fully saturated rings. The summed E-state index contributed by atoms with van der Waals surface area (Å²) in [6.07, 6.45) is 1.85. The first kappa shape index (κ1) is 18.7. The maximum absolute atomic E-state index is 11.8. The molecule has 2 heterocycles. The molecule has 0 saturated carbocycles. The summed E-state index contributed by atoms with van der Waals surface area (Å²) in [4.78, 5) is 13.8. The van der Waals surface area contributed by atoms with Gasteiger partial charge in [-0.3, -0.25) is 4.79 Å². The molecular formula is C19H24N6O2. The van der Waals surface area contributed by atoms with Gasteiger partial charge in [0.1, 0.15) is 0 Å². The highest BCUT2D eigenvalue weighted by molar-refractivity contribution is 5.49. The Bertz CT molecular complexity index is 988. The third-order valence-corrected chi connectivity index (χ3v) is 4.55. The Morgan fingerprint density at radius 3 is 2.56 bits per heavy atom. The van der Waals surface area contributed by atoms with E-state index in [9.17, 15) is 9.90 Å². The average Bonchev–Trinajstić information content (AvgIpc) is 3.12. The Balaban J connectivity index is 1.66. The predicted molar refractivity (Wildman–Crippen MR) is 104 cm³/mol. The van der Waals surface area contributed by atoms with Crippen LogP contribution in [-0.4, -0.2) is 38.8 Å². The number of nitrogens with zero attached hydrogens (tertiary/aromatic N) is 5. The monoisotopic (exact) mass is 368 g/mol. The second kappa shape index (κ2) is 7.63. The first-order valence-electron chi connectivity index (χ1n) is 8.65. The first-order valence-corrected chi connectivity index (χ1v) is 8.65. The molecule has 0 aliphatic carbocycles. The molecule has 0 aliphatic rings. The van der Waals surface area contributed by atoms with Crippen molar-refractivity contribution in [2.24, 2.45) is 7.05 Å². The fourth-order valence-corrected chi connectivity index (χ4v) is 2.79. The van der Waals surface area contributed by atoms with Crippen LogP contribution in [0.15, 0.2) is 41.3 Å². The van der Waals surface area contributed by atoms with Gasteiger partial charge in [-0.1, -0.05) is 5.21 Å². The van der Waals surface area contributed by atoms with Crippen LogP contribution in [0.3, 0.4) is 0 Å². The molecule has 0 bridgehead atoms. The molecule has 142 valence electrons. The lowest BCUT2D eigenvalue weighted by atomic mass is 10.2. The van der Waals surface area contributed by atoms with Crippen molar-refractivity contribution in [3.05, 3.63) is 63.8 Å². The minimum atomic E-state index is -0.366. The van der Waals surface area contributed by atoms with Crippen LogP contribution >= 0.6 is 0 Å². The van der Waals surface area contributed by atoms with Gasteiger partial charge < -0.3 is 19.9 Å². The standard InChI is InChI=1S/C19H24N6O2/c1-13-9-18(26)19(27)17(24(13)4)11-20-10-14-12-25(22-21-14)16-7-5-15(6-8-16)23(2)3/h5-9,12,20,27H,10-11H2,1-4H3. The lowest BCUT2D eigenvalue weighted by molar-refractivity contribution is 0.445. The third-order valence-electron chi connectivity index (χ3n) is 4.55. The van der Waals surface area contributed by atoms with Crippen molar-refractivity contribution in [1.29, 1.82) is 0 Å². The van der Waals surface area contributed by atoms with Crippen molar-refractivity contribution in [1.82, 2.24) is 24.9 Å². The molecule has 3 rings (SSSR count). The number of aromatic hydroxyl groups is 1. The first-order chi connectivity index (χ1) is 12.9. The van der Waals surface area contributed by atoms with Crippen LogP contribution < -0.4 is 15.6 Å². The predicted octanol–water partition coefficient (Wildman–Crippen LogP) is 1.34. The molecule has 0 radical (unpaired) electrons. The van der Waals surface area contributed by atoms with Gasteiger partial charge in [-0.15, -0.1) is 5.10 Å². The summed E-state index contributed by atoms with van der Waals surface area (Å²) < 4.78 is 3.52. The topological polar surface area (TPSA) is 88.2 Å². The van der Waals surface area contributed by atoms with E-state index in [1.807, 2.05) is 63.4 Å². The van der Waals surface area contributed by atoms with E-state index in [4.69, 9.17) is 0 Å². The highest BCUT2D eigenvalue weighted by Crippen LogP contribution is 2.15. The van der Waals surface area contributed by atoms with Crippen LogP contribution in [-0.2, 0) is 20.1 Å².